The van der Waals surface area contributed by atoms with Crippen LogP contribution in [0.25, 0.3) is 10.8 Å². The van der Waals surface area contributed by atoms with Gasteiger partial charge >= 0.3 is 0 Å². The van der Waals surface area contributed by atoms with Gasteiger partial charge in [-0.3, -0.25) is 0 Å². The molecular weight excluding hydrogens is 220 g/mol. The van der Waals surface area contributed by atoms with E-state index in [4.69, 9.17) is 11.6 Å². The molecule has 0 spiro atoms. The molecule has 0 aromatic heterocycles. The van der Waals surface area contributed by atoms with Crippen LogP contribution in [0.5, 0.6) is 0 Å². The zero-order chi connectivity index (χ0) is 11.2. The molecule has 0 atom stereocenters. The SMILES string of the molecule is O=CC1(c2cccc3c(Cl)cccc23)CC1. The van der Waals surface area contributed by atoms with E-state index >= 15 is 0 Å². The van der Waals surface area contributed by atoms with Crippen molar-refractivity contribution in [2.45, 2.75) is 18.3 Å². The summed E-state index contributed by atoms with van der Waals surface area (Å²) >= 11 is 6.15. The van der Waals surface area contributed by atoms with Gasteiger partial charge in [0.2, 0.25) is 0 Å². The number of fused-ring (bicyclic) bond motifs is 1. The molecule has 2 aromatic rings. The van der Waals surface area contributed by atoms with Gasteiger partial charge < -0.3 is 4.79 Å². The average Bonchev–Trinajstić information content (AvgIpc) is 3.10. The number of hydrogen-bond acceptors (Lipinski definition) is 1. The lowest BCUT2D eigenvalue weighted by Crippen LogP contribution is -2.08. The molecule has 1 fully saturated rings. The van der Waals surface area contributed by atoms with E-state index in [-0.39, 0.29) is 5.41 Å². The summed E-state index contributed by atoms with van der Waals surface area (Å²) in [6.07, 6.45) is 3.01. The minimum atomic E-state index is -0.232. The zero-order valence-electron chi connectivity index (χ0n) is 8.74. The van der Waals surface area contributed by atoms with Gasteiger partial charge in [-0.1, -0.05) is 41.9 Å². The molecule has 0 amide bonds. The molecule has 0 saturated heterocycles. The van der Waals surface area contributed by atoms with Gasteiger partial charge in [0.1, 0.15) is 6.29 Å². The zero-order valence-corrected chi connectivity index (χ0v) is 9.50. The van der Waals surface area contributed by atoms with Crippen LogP contribution in [0, 0.1) is 0 Å². The maximum absolute atomic E-state index is 11.2. The van der Waals surface area contributed by atoms with Gasteiger partial charge in [-0.05, 0) is 29.9 Å². The number of carbonyl (C=O) groups is 1. The van der Waals surface area contributed by atoms with E-state index in [1.165, 1.54) is 0 Å². The van der Waals surface area contributed by atoms with Crippen molar-refractivity contribution in [2.24, 2.45) is 0 Å². The maximum Gasteiger partial charge on any atom is 0.130 e. The van der Waals surface area contributed by atoms with Crippen LogP contribution in [0.15, 0.2) is 36.4 Å². The minimum absolute atomic E-state index is 0.232. The summed E-state index contributed by atoms with van der Waals surface area (Å²) in [5, 5.41) is 2.90. The fourth-order valence-corrected chi connectivity index (χ4v) is 2.53. The van der Waals surface area contributed by atoms with Crippen molar-refractivity contribution in [2.75, 3.05) is 0 Å². The topological polar surface area (TPSA) is 17.1 Å². The van der Waals surface area contributed by atoms with E-state index in [0.29, 0.717) is 0 Å². The summed E-state index contributed by atoms with van der Waals surface area (Å²) in [5.41, 5.74) is 0.895. The van der Waals surface area contributed by atoms with Crippen LogP contribution in [0.2, 0.25) is 5.02 Å². The third kappa shape index (κ3) is 1.28. The van der Waals surface area contributed by atoms with Crippen LogP contribution in [0.4, 0.5) is 0 Å². The van der Waals surface area contributed by atoms with Gasteiger partial charge in [0.05, 0.1) is 5.41 Å². The molecule has 0 bridgehead atoms. The van der Waals surface area contributed by atoms with Crippen molar-refractivity contribution in [3.05, 3.63) is 47.0 Å². The molecule has 1 nitrogen and oxygen atoms in total. The van der Waals surface area contributed by atoms with Crippen molar-refractivity contribution in [1.29, 1.82) is 0 Å². The van der Waals surface area contributed by atoms with E-state index < -0.39 is 0 Å². The van der Waals surface area contributed by atoms with Crippen LogP contribution in [-0.4, -0.2) is 6.29 Å². The molecule has 1 saturated carbocycles. The van der Waals surface area contributed by atoms with E-state index in [0.717, 1.165) is 40.5 Å². The molecule has 0 heterocycles. The van der Waals surface area contributed by atoms with E-state index in [1.807, 2.05) is 36.4 Å². The van der Waals surface area contributed by atoms with Crippen LogP contribution in [-0.2, 0) is 10.2 Å². The molecule has 2 heteroatoms. The Morgan fingerprint density at radius 2 is 1.75 bits per heavy atom. The summed E-state index contributed by atoms with van der Waals surface area (Å²) < 4.78 is 0. The Morgan fingerprint density at radius 3 is 2.44 bits per heavy atom. The first-order valence-electron chi connectivity index (χ1n) is 5.41. The van der Waals surface area contributed by atoms with Crippen LogP contribution < -0.4 is 0 Å². The average molecular weight is 231 g/mol. The van der Waals surface area contributed by atoms with Crippen molar-refractivity contribution < 1.29 is 4.79 Å². The smallest absolute Gasteiger partial charge is 0.130 e. The normalized spacial score (nSPS) is 17.3. The van der Waals surface area contributed by atoms with Gasteiger partial charge in [-0.25, -0.2) is 0 Å². The Hall–Kier alpha value is -1.34. The van der Waals surface area contributed by atoms with Gasteiger partial charge in [0, 0.05) is 10.4 Å². The Bertz CT molecular complexity index is 570. The van der Waals surface area contributed by atoms with Crippen molar-refractivity contribution in [3.63, 3.8) is 0 Å². The van der Waals surface area contributed by atoms with Crippen LogP contribution >= 0.6 is 11.6 Å². The second-order valence-corrected chi connectivity index (χ2v) is 4.82. The first kappa shape index (κ1) is 9.86. The molecule has 16 heavy (non-hydrogen) atoms. The van der Waals surface area contributed by atoms with Gasteiger partial charge in [0.15, 0.2) is 0 Å². The number of rotatable bonds is 2. The van der Waals surface area contributed by atoms with Gasteiger partial charge in [0.25, 0.3) is 0 Å². The fraction of sp³-hybridized carbons (Fsp3) is 0.214. The highest BCUT2D eigenvalue weighted by molar-refractivity contribution is 6.35. The molecular formula is C14H11ClO. The van der Waals surface area contributed by atoms with Crippen LogP contribution in [0.1, 0.15) is 18.4 Å². The van der Waals surface area contributed by atoms with E-state index in [2.05, 4.69) is 0 Å². The second-order valence-electron chi connectivity index (χ2n) is 4.41. The lowest BCUT2D eigenvalue weighted by atomic mass is 9.92. The molecule has 0 N–H and O–H groups in total. The van der Waals surface area contributed by atoms with Crippen LogP contribution in [0.3, 0.4) is 0 Å². The fourth-order valence-electron chi connectivity index (χ4n) is 2.29. The predicted octanol–water partition coefficient (Wildman–Crippen LogP) is 3.72. The van der Waals surface area contributed by atoms with Gasteiger partial charge in [-0.15, -0.1) is 0 Å². The lowest BCUT2D eigenvalue weighted by molar-refractivity contribution is -0.109. The third-order valence-corrected chi connectivity index (χ3v) is 3.75. The van der Waals surface area contributed by atoms with E-state index in [1.54, 1.807) is 0 Å². The molecule has 3 rings (SSSR count). The highest BCUT2D eigenvalue weighted by Gasteiger charge is 2.45. The predicted molar refractivity (Wildman–Crippen MR) is 65.9 cm³/mol. The molecule has 0 radical (unpaired) electrons. The Morgan fingerprint density at radius 1 is 1.06 bits per heavy atom. The molecule has 2 aromatic carbocycles. The van der Waals surface area contributed by atoms with Crippen molar-refractivity contribution >= 4 is 28.7 Å². The molecule has 0 aliphatic heterocycles. The number of carbonyl (C=O) groups excluding carboxylic acids is 1. The Labute approximate surface area is 99.0 Å². The Kier molecular flexibility index (Phi) is 2.05. The molecule has 1 aliphatic carbocycles. The first-order chi connectivity index (χ1) is 7.77. The Balaban J connectivity index is 2.34. The number of aldehydes is 1. The lowest BCUT2D eigenvalue weighted by Gasteiger charge is -2.12. The minimum Gasteiger partial charge on any atom is -0.302 e. The largest absolute Gasteiger partial charge is 0.302 e. The molecule has 1 aliphatic rings. The monoisotopic (exact) mass is 230 g/mol. The van der Waals surface area contributed by atoms with Gasteiger partial charge in [-0.2, -0.15) is 0 Å². The number of benzene rings is 2. The van der Waals surface area contributed by atoms with Crippen molar-refractivity contribution in [1.82, 2.24) is 0 Å². The van der Waals surface area contributed by atoms with Crippen molar-refractivity contribution in [3.8, 4) is 0 Å². The quantitative estimate of drug-likeness (QED) is 0.719. The highest BCUT2D eigenvalue weighted by Crippen LogP contribution is 2.48. The standard InChI is InChI=1S/C14H11ClO/c15-13-6-2-3-10-11(13)4-1-5-12(10)14(9-16)7-8-14/h1-6,9H,7-8H2. The molecule has 80 valence electrons. The first-order valence-corrected chi connectivity index (χ1v) is 5.79. The third-order valence-electron chi connectivity index (χ3n) is 3.42. The summed E-state index contributed by atoms with van der Waals surface area (Å²) in [5.74, 6) is 0. The van der Waals surface area contributed by atoms with E-state index in [9.17, 15) is 4.79 Å². The number of halogens is 1. The molecule has 0 unspecified atom stereocenters. The summed E-state index contributed by atoms with van der Waals surface area (Å²) in [4.78, 5) is 11.2. The summed E-state index contributed by atoms with van der Waals surface area (Å²) in [6, 6.07) is 11.9. The second kappa shape index (κ2) is 3.33. The maximum atomic E-state index is 11.2. The summed E-state index contributed by atoms with van der Waals surface area (Å²) in [7, 11) is 0. The summed E-state index contributed by atoms with van der Waals surface area (Å²) in [6.45, 7) is 0. The highest BCUT2D eigenvalue weighted by atomic mass is 35.5. The number of hydrogen-bond donors (Lipinski definition) is 0.